The third-order valence-corrected chi connectivity index (χ3v) is 11.3. The van der Waals surface area contributed by atoms with Crippen LogP contribution in [-0.4, -0.2) is 14.1 Å². The molecule has 0 saturated carbocycles. The molecule has 0 radical (unpaired) electrons. The molecule has 256 valence electrons. The lowest BCUT2D eigenvalue weighted by molar-refractivity contribution is 0.666. The second-order valence-corrected chi connectivity index (χ2v) is 14.3. The number of para-hydroxylation sites is 4. The molecule has 12 aromatic rings. The molecule has 8 aromatic carbocycles. The van der Waals surface area contributed by atoms with Crippen LogP contribution in [0.5, 0.6) is 0 Å². The summed E-state index contributed by atoms with van der Waals surface area (Å²) in [4.78, 5) is 5.13. The zero-order valence-electron chi connectivity index (χ0n) is 29.6. The van der Waals surface area contributed by atoms with E-state index in [1.807, 2.05) is 18.2 Å². The van der Waals surface area contributed by atoms with Crippen molar-refractivity contribution in [1.82, 2.24) is 14.1 Å². The molecule has 4 nitrogen and oxygen atoms in total. The number of fused-ring (bicyclic) bond motifs is 10. The zero-order valence-corrected chi connectivity index (χ0v) is 29.6. The van der Waals surface area contributed by atoms with E-state index >= 15 is 0 Å². The van der Waals surface area contributed by atoms with Gasteiger partial charge >= 0.3 is 0 Å². The van der Waals surface area contributed by atoms with Crippen LogP contribution in [0.25, 0.3) is 110 Å². The summed E-state index contributed by atoms with van der Waals surface area (Å²) in [6.07, 6.45) is 0. The van der Waals surface area contributed by atoms with Crippen LogP contribution < -0.4 is 0 Å². The third-order valence-electron chi connectivity index (χ3n) is 11.3. The molecule has 0 saturated heterocycles. The Kier molecular flexibility index (Phi) is 6.31. The lowest BCUT2D eigenvalue weighted by Crippen LogP contribution is -1.97. The van der Waals surface area contributed by atoms with E-state index in [-0.39, 0.29) is 0 Å². The van der Waals surface area contributed by atoms with Gasteiger partial charge < -0.3 is 13.6 Å². The van der Waals surface area contributed by atoms with Crippen LogP contribution in [0, 0.1) is 0 Å². The summed E-state index contributed by atoms with van der Waals surface area (Å²) in [6.45, 7) is 0. The molecule has 12 rings (SSSR count). The predicted octanol–water partition coefficient (Wildman–Crippen LogP) is 13.7. The lowest BCUT2D eigenvalue weighted by Gasteiger charge is -2.12. The average molecular weight is 702 g/mol. The smallest absolute Gasteiger partial charge is 0.178 e. The fourth-order valence-electron chi connectivity index (χ4n) is 8.82. The first-order valence-corrected chi connectivity index (χ1v) is 18.7. The van der Waals surface area contributed by atoms with E-state index in [1.165, 1.54) is 54.8 Å². The Balaban J connectivity index is 1.07. The highest BCUT2D eigenvalue weighted by atomic mass is 16.3. The molecule has 55 heavy (non-hydrogen) atoms. The first-order chi connectivity index (χ1) is 27.3. The van der Waals surface area contributed by atoms with Crippen molar-refractivity contribution in [3.8, 4) is 33.6 Å². The summed E-state index contributed by atoms with van der Waals surface area (Å²) in [5.41, 5.74) is 15.0. The largest absolute Gasteiger partial charge is 0.452 e. The second-order valence-electron chi connectivity index (χ2n) is 14.3. The molecule has 4 aromatic heterocycles. The van der Waals surface area contributed by atoms with Gasteiger partial charge in [0.2, 0.25) is 0 Å². The fourth-order valence-corrected chi connectivity index (χ4v) is 8.82. The van der Waals surface area contributed by atoms with Gasteiger partial charge in [-0.1, -0.05) is 121 Å². The van der Waals surface area contributed by atoms with Crippen molar-refractivity contribution in [3.63, 3.8) is 0 Å². The van der Waals surface area contributed by atoms with E-state index in [2.05, 4.69) is 179 Å². The first kappa shape index (κ1) is 30.1. The van der Waals surface area contributed by atoms with E-state index in [0.29, 0.717) is 0 Å². The van der Waals surface area contributed by atoms with Crippen LogP contribution in [0.4, 0.5) is 0 Å². The first-order valence-electron chi connectivity index (χ1n) is 18.7. The molecule has 0 atom stereocenters. The van der Waals surface area contributed by atoms with Gasteiger partial charge in [-0.25, -0.2) is 4.98 Å². The summed E-state index contributed by atoms with van der Waals surface area (Å²) in [5.74, 6) is 0. The monoisotopic (exact) mass is 701 g/mol. The molecular weight excluding hydrogens is 671 g/mol. The van der Waals surface area contributed by atoms with Crippen LogP contribution in [0.3, 0.4) is 0 Å². The Morgan fingerprint density at radius 3 is 1.65 bits per heavy atom. The van der Waals surface area contributed by atoms with Crippen molar-refractivity contribution in [3.05, 3.63) is 188 Å². The second kappa shape index (κ2) is 11.5. The summed E-state index contributed by atoms with van der Waals surface area (Å²) in [5, 5.41) is 6.93. The molecule has 0 aliphatic carbocycles. The minimum absolute atomic E-state index is 0.794. The molecule has 4 heteroatoms. The van der Waals surface area contributed by atoms with Gasteiger partial charge in [0.25, 0.3) is 0 Å². The summed E-state index contributed by atoms with van der Waals surface area (Å²) in [6, 6.07) is 67.3. The Morgan fingerprint density at radius 2 is 0.909 bits per heavy atom. The predicted molar refractivity (Wildman–Crippen MR) is 229 cm³/mol. The minimum Gasteiger partial charge on any atom is -0.452 e. The van der Waals surface area contributed by atoms with Gasteiger partial charge in [0.05, 0.1) is 27.6 Å². The Bertz CT molecular complexity index is 3490. The number of rotatable bonds is 4. The van der Waals surface area contributed by atoms with Crippen LogP contribution in [0.15, 0.2) is 192 Å². The van der Waals surface area contributed by atoms with Crippen LogP contribution >= 0.6 is 0 Å². The van der Waals surface area contributed by atoms with E-state index in [9.17, 15) is 0 Å². The molecule has 0 aliphatic heterocycles. The maximum Gasteiger partial charge on any atom is 0.178 e. The van der Waals surface area contributed by atoms with Crippen molar-refractivity contribution in [2.24, 2.45) is 0 Å². The topological polar surface area (TPSA) is 35.9 Å². The van der Waals surface area contributed by atoms with Crippen LogP contribution in [0.2, 0.25) is 0 Å². The molecule has 0 unspecified atom stereocenters. The van der Waals surface area contributed by atoms with Crippen LogP contribution in [0.1, 0.15) is 0 Å². The lowest BCUT2D eigenvalue weighted by atomic mass is 10.0. The van der Waals surface area contributed by atoms with Crippen molar-refractivity contribution < 1.29 is 4.42 Å². The molecule has 0 spiro atoms. The number of benzene rings is 8. The highest BCUT2D eigenvalue weighted by Gasteiger charge is 2.22. The van der Waals surface area contributed by atoms with E-state index < -0.39 is 0 Å². The highest BCUT2D eigenvalue weighted by molar-refractivity contribution is 6.17. The fraction of sp³-hybridized carbons (Fsp3) is 0. The van der Waals surface area contributed by atoms with Gasteiger partial charge in [-0.3, -0.25) is 0 Å². The van der Waals surface area contributed by atoms with Crippen molar-refractivity contribution in [1.29, 1.82) is 0 Å². The summed E-state index contributed by atoms with van der Waals surface area (Å²) >= 11 is 0. The van der Waals surface area contributed by atoms with Gasteiger partial charge in [0.15, 0.2) is 5.58 Å². The van der Waals surface area contributed by atoms with Gasteiger partial charge in [-0.05, 0) is 89.0 Å². The number of furan rings is 1. The SMILES string of the molecule is c1ccc(-c2cccc(-n3c4ccccc4c4cc(-c5ccc6c(c5)c5ccccc5n6-c5c6ccccc6nc6c5oc5ccccc56)ccc43)c2)cc1. The number of nitrogens with zero attached hydrogens (tertiary/aromatic N) is 3. The van der Waals surface area contributed by atoms with Crippen molar-refractivity contribution in [2.75, 3.05) is 0 Å². The summed E-state index contributed by atoms with van der Waals surface area (Å²) < 4.78 is 11.4. The van der Waals surface area contributed by atoms with E-state index in [1.54, 1.807) is 0 Å². The molecule has 0 bridgehead atoms. The standard InChI is InChI=1S/C51H31N3O/c1-2-13-32(14-3-1)33-15-12-16-36(29-33)53-44-22-9-5-17-37(44)41-30-34(25-27-46(41)53)35-26-28-47-42(31-35)38-18-6-10-23-45(38)54(47)50-39-19-4-8-21-43(39)52-49-40-20-7-11-24-48(40)55-51(49)50/h1-31H. The Hall–Kier alpha value is -7.43. The van der Waals surface area contributed by atoms with Crippen molar-refractivity contribution >= 4 is 76.6 Å². The average Bonchev–Trinajstić information content (AvgIpc) is 3.90. The Morgan fingerprint density at radius 1 is 0.364 bits per heavy atom. The molecule has 4 heterocycles. The third kappa shape index (κ3) is 4.43. The van der Waals surface area contributed by atoms with E-state index in [0.717, 1.165) is 55.4 Å². The number of aromatic nitrogens is 3. The molecular formula is C51H31N3O. The minimum atomic E-state index is 0.794. The molecule has 0 fully saturated rings. The number of pyridine rings is 1. The van der Waals surface area contributed by atoms with Crippen LogP contribution in [-0.2, 0) is 0 Å². The summed E-state index contributed by atoms with van der Waals surface area (Å²) in [7, 11) is 0. The van der Waals surface area contributed by atoms with Gasteiger partial charge in [0.1, 0.15) is 16.8 Å². The van der Waals surface area contributed by atoms with E-state index in [4.69, 9.17) is 9.40 Å². The van der Waals surface area contributed by atoms with Gasteiger partial charge in [-0.15, -0.1) is 0 Å². The maximum atomic E-state index is 6.66. The molecule has 0 N–H and O–H groups in total. The zero-order chi connectivity index (χ0) is 36.0. The van der Waals surface area contributed by atoms with Gasteiger partial charge in [0, 0.05) is 38.0 Å². The Labute approximate surface area is 315 Å². The quantitative estimate of drug-likeness (QED) is 0.183. The number of hydrogen-bond donors (Lipinski definition) is 0. The molecule has 0 aliphatic rings. The highest BCUT2D eigenvalue weighted by Crippen LogP contribution is 2.42. The normalized spacial score (nSPS) is 12.0. The number of hydrogen-bond acceptors (Lipinski definition) is 2. The maximum absolute atomic E-state index is 6.66. The van der Waals surface area contributed by atoms with Gasteiger partial charge in [-0.2, -0.15) is 0 Å². The van der Waals surface area contributed by atoms with Crippen molar-refractivity contribution in [2.45, 2.75) is 0 Å². The molecule has 0 amide bonds.